The van der Waals surface area contributed by atoms with Gasteiger partial charge in [0.15, 0.2) is 0 Å². The van der Waals surface area contributed by atoms with Gasteiger partial charge in [0.05, 0.1) is 17.9 Å². The first-order chi connectivity index (χ1) is 11.6. The van der Waals surface area contributed by atoms with Crippen LogP contribution in [0.2, 0.25) is 0 Å². The second kappa shape index (κ2) is 8.93. The average Bonchev–Trinajstić information content (AvgIpc) is 2.58. The van der Waals surface area contributed by atoms with Crippen LogP contribution in [0.4, 0.5) is 5.69 Å². The van der Waals surface area contributed by atoms with Gasteiger partial charge < -0.3 is 20.1 Å². The summed E-state index contributed by atoms with van der Waals surface area (Å²) >= 11 is 0. The Labute approximate surface area is 143 Å². The van der Waals surface area contributed by atoms with E-state index in [0.717, 1.165) is 18.5 Å². The molecule has 0 aliphatic carbocycles. The number of nitrogens with two attached hydrogens (primary N) is 1. The van der Waals surface area contributed by atoms with Gasteiger partial charge in [0.2, 0.25) is 0 Å². The molecule has 0 heterocycles. The second-order valence-corrected chi connectivity index (χ2v) is 5.82. The van der Waals surface area contributed by atoms with Crippen molar-refractivity contribution >= 4 is 11.7 Å². The molecule has 0 radical (unpaired) electrons. The highest BCUT2D eigenvalue weighted by Gasteiger charge is 2.11. The van der Waals surface area contributed by atoms with E-state index in [0.29, 0.717) is 23.6 Å². The number of carbonyl (C=O) groups excluding carboxylic acids is 1. The summed E-state index contributed by atoms with van der Waals surface area (Å²) < 4.78 is 11.0. The number of carbonyl (C=O) groups is 1. The third-order valence-corrected chi connectivity index (χ3v) is 3.47. The van der Waals surface area contributed by atoms with Gasteiger partial charge in [-0.3, -0.25) is 0 Å². The van der Waals surface area contributed by atoms with Crippen LogP contribution >= 0.6 is 0 Å². The van der Waals surface area contributed by atoms with E-state index in [-0.39, 0.29) is 6.61 Å². The molecule has 0 aromatic heterocycles. The summed E-state index contributed by atoms with van der Waals surface area (Å²) in [5.74, 6) is 0.125. The van der Waals surface area contributed by atoms with Crippen molar-refractivity contribution in [3.05, 3.63) is 59.7 Å². The lowest BCUT2D eigenvalue weighted by atomic mass is 10.2. The maximum Gasteiger partial charge on any atom is 0.338 e. The van der Waals surface area contributed by atoms with Crippen LogP contribution < -0.4 is 10.5 Å². The largest absolute Gasteiger partial charge is 0.491 e. The van der Waals surface area contributed by atoms with E-state index >= 15 is 0 Å². The normalized spacial score (nSPS) is 10.6. The first-order valence-corrected chi connectivity index (χ1v) is 7.94. The number of esters is 1. The first kappa shape index (κ1) is 17.8. The van der Waals surface area contributed by atoms with Crippen molar-refractivity contribution in [3.63, 3.8) is 0 Å². The minimum absolute atomic E-state index is 0.239. The number of hydrogen-bond acceptors (Lipinski definition) is 5. The van der Waals surface area contributed by atoms with Crippen LogP contribution in [0.15, 0.2) is 48.5 Å². The van der Waals surface area contributed by atoms with Crippen LogP contribution in [0, 0.1) is 0 Å². The van der Waals surface area contributed by atoms with Crippen molar-refractivity contribution in [3.8, 4) is 5.75 Å². The molecule has 2 aromatic carbocycles. The van der Waals surface area contributed by atoms with Crippen LogP contribution in [0.1, 0.15) is 22.3 Å². The average molecular weight is 328 g/mol. The van der Waals surface area contributed by atoms with Gasteiger partial charge >= 0.3 is 5.97 Å². The molecule has 128 valence electrons. The first-order valence-electron chi connectivity index (χ1n) is 7.94. The quantitative estimate of drug-likeness (QED) is 0.458. The molecule has 24 heavy (non-hydrogen) atoms. The van der Waals surface area contributed by atoms with Crippen LogP contribution in [0.3, 0.4) is 0 Å². The van der Waals surface area contributed by atoms with Crippen molar-refractivity contribution in [2.24, 2.45) is 0 Å². The number of rotatable bonds is 8. The molecule has 2 rings (SSSR count). The molecule has 5 nitrogen and oxygen atoms in total. The van der Waals surface area contributed by atoms with Gasteiger partial charge in [-0.2, -0.15) is 0 Å². The Hall–Kier alpha value is -2.53. The Morgan fingerprint density at radius 2 is 1.88 bits per heavy atom. The zero-order valence-electron chi connectivity index (χ0n) is 14.2. The summed E-state index contributed by atoms with van der Waals surface area (Å²) in [6.45, 7) is 1.71. The molecule has 0 spiro atoms. The van der Waals surface area contributed by atoms with E-state index in [2.05, 4.69) is 4.90 Å². The minimum Gasteiger partial charge on any atom is -0.491 e. The number of anilines is 1. The van der Waals surface area contributed by atoms with E-state index in [1.165, 1.54) is 0 Å². The lowest BCUT2D eigenvalue weighted by Crippen LogP contribution is -2.16. The smallest absolute Gasteiger partial charge is 0.338 e. The number of benzene rings is 2. The lowest BCUT2D eigenvalue weighted by molar-refractivity contribution is 0.0472. The Kier molecular flexibility index (Phi) is 6.63. The van der Waals surface area contributed by atoms with Gasteiger partial charge in [0.1, 0.15) is 12.4 Å². The Morgan fingerprint density at radius 3 is 2.58 bits per heavy atom. The van der Waals surface area contributed by atoms with E-state index in [1.807, 2.05) is 44.4 Å². The van der Waals surface area contributed by atoms with Crippen molar-refractivity contribution in [2.75, 3.05) is 33.0 Å². The number of ether oxygens (including phenoxy) is 2. The van der Waals surface area contributed by atoms with E-state index in [4.69, 9.17) is 15.2 Å². The maximum absolute atomic E-state index is 12.2. The second-order valence-electron chi connectivity index (χ2n) is 5.82. The molecule has 0 saturated carbocycles. The van der Waals surface area contributed by atoms with Gasteiger partial charge in [0, 0.05) is 6.54 Å². The highest BCUT2D eigenvalue weighted by Crippen LogP contribution is 2.23. The minimum atomic E-state index is -0.392. The van der Waals surface area contributed by atoms with E-state index in [1.54, 1.807) is 18.2 Å². The molecule has 0 aliphatic rings. The molecule has 0 bridgehead atoms. The third kappa shape index (κ3) is 5.59. The zero-order chi connectivity index (χ0) is 17.4. The molecule has 0 saturated heterocycles. The summed E-state index contributed by atoms with van der Waals surface area (Å²) in [6.07, 6.45) is 0.884. The van der Waals surface area contributed by atoms with Crippen molar-refractivity contribution in [1.82, 2.24) is 4.90 Å². The number of nitrogen functional groups attached to an aromatic ring is 1. The van der Waals surface area contributed by atoms with Crippen LogP contribution in [-0.2, 0) is 11.3 Å². The third-order valence-electron chi connectivity index (χ3n) is 3.47. The van der Waals surface area contributed by atoms with Gasteiger partial charge in [-0.25, -0.2) is 4.79 Å². The number of nitrogens with zero attached hydrogens (tertiary/aromatic N) is 1. The number of hydrogen-bond donors (Lipinski definition) is 1. The van der Waals surface area contributed by atoms with Crippen molar-refractivity contribution in [1.29, 1.82) is 0 Å². The highest BCUT2D eigenvalue weighted by atomic mass is 16.5. The van der Waals surface area contributed by atoms with E-state index < -0.39 is 5.97 Å². The van der Waals surface area contributed by atoms with Crippen LogP contribution in [-0.4, -0.2) is 38.1 Å². The highest BCUT2D eigenvalue weighted by molar-refractivity contribution is 5.90. The molecule has 0 amide bonds. The van der Waals surface area contributed by atoms with Gasteiger partial charge in [-0.1, -0.05) is 30.3 Å². The summed E-state index contributed by atoms with van der Waals surface area (Å²) in [5.41, 5.74) is 7.80. The lowest BCUT2D eigenvalue weighted by Gasteiger charge is -2.12. The van der Waals surface area contributed by atoms with E-state index in [9.17, 15) is 4.79 Å². The van der Waals surface area contributed by atoms with Gasteiger partial charge in [0.25, 0.3) is 0 Å². The molecule has 0 atom stereocenters. The maximum atomic E-state index is 12.2. The van der Waals surface area contributed by atoms with Crippen molar-refractivity contribution < 1.29 is 14.3 Å². The predicted octanol–water partition coefficient (Wildman–Crippen LogP) is 2.96. The fraction of sp³-hybridized carbons (Fsp3) is 0.316. The Bertz CT molecular complexity index is 657. The molecule has 2 aromatic rings. The molecule has 5 heteroatoms. The van der Waals surface area contributed by atoms with Gasteiger partial charge in [-0.15, -0.1) is 0 Å². The Morgan fingerprint density at radius 1 is 1.12 bits per heavy atom. The topological polar surface area (TPSA) is 64.8 Å². The molecule has 2 N–H and O–H groups in total. The fourth-order valence-electron chi connectivity index (χ4n) is 2.16. The fourth-order valence-corrected chi connectivity index (χ4v) is 2.16. The summed E-state index contributed by atoms with van der Waals surface area (Å²) in [5, 5.41) is 0. The summed E-state index contributed by atoms with van der Waals surface area (Å²) in [7, 11) is 4.02. The molecule has 0 aliphatic heterocycles. The van der Waals surface area contributed by atoms with Crippen LogP contribution in [0.25, 0.3) is 0 Å². The van der Waals surface area contributed by atoms with Crippen LogP contribution in [0.5, 0.6) is 5.75 Å². The molecule has 0 unspecified atom stereocenters. The Balaban J connectivity index is 1.92. The zero-order valence-corrected chi connectivity index (χ0v) is 14.2. The standard InChI is InChI=1S/C19H24N2O3/c1-21(2)11-6-12-23-18-13-16(9-10-17(18)20)19(22)24-14-15-7-4-3-5-8-15/h3-5,7-10,13H,6,11-12,14,20H2,1-2H3. The molecular formula is C19H24N2O3. The summed E-state index contributed by atoms with van der Waals surface area (Å²) in [4.78, 5) is 14.3. The predicted molar refractivity (Wildman–Crippen MR) is 95.1 cm³/mol. The monoisotopic (exact) mass is 328 g/mol. The SMILES string of the molecule is CN(C)CCCOc1cc(C(=O)OCc2ccccc2)ccc1N. The molecule has 0 fully saturated rings. The van der Waals surface area contributed by atoms with Crippen molar-refractivity contribution in [2.45, 2.75) is 13.0 Å². The van der Waals surface area contributed by atoms with Gasteiger partial charge in [-0.05, 0) is 44.3 Å². The molecular weight excluding hydrogens is 304 g/mol. The summed E-state index contributed by atoms with van der Waals surface area (Å²) in [6, 6.07) is 14.5.